The molecular formula is C23H25N3O2. The minimum Gasteiger partial charge on any atom is -0.497 e. The second kappa shape index (κ2) is 7.89. The molecule has 1 aliphatic heterocycles. The van der Waals surface area contributed by atoms with Crippen molar-refractivity contribution in [1.29, 1.82) is 0 Å². The maximum absolute atomic E-state index is 13.0. The van der Waals surface area contributed by atoms with Crippen LogP contribution in [0, 0.1) is 6.92 Å². The molecule has 5 heteroatoms. The van der Waals surface area contributed by atoms with Crippen molar-refractivity contribution in [3.63, 3.8) is 0 Å². The highest BCUT2D eigenvalue weighted by Gasteiger charge is 2.21. The highest BCUT2D eigenvalue weighted by molar-refractivity contribution is 6.01. The molecule has 4 rings (SSSR count). The standard InChI is InChI=1S/C23H25N3O2/c1-16-7-6-8-17(13-16)24-21-15-22(23(27)26-11-4-3-5-12-26)25-20-10-9-18(28-2)14-19(20)21/h6-10,13-15H,3-5,11-12H2,1-2H3,(H,24,25). The van der Waals surface area contributed by atoms with Crippen LogP contribution in [0.25, 0.3) is 10.9 Å². The van der Waals surface area contributed by atoms with Gasteiger partial charge >= 0.3 is 0 Å². The Morgan fingerprint density at radius 1 is 1.07 bits per heavy atom. The molecule has 0 radical (unpaired) electrons. The lowest BCUT2D eigenvalue weighted by atomic mass is 10.1. The Bertz CT molecular complexity index is 1010. The average molecular weight is 375 g/mol. The maximum atomic E-state index is 13.0. The molecular weight excluding hydrogens is 350 g/mol. The van der Waals surface area contributed by atoms with Crippen molar-refractivity contribution < 1.29 is 9.53 Å². The normalized spacial score (nSPS) is 14.1. The highest BCUT2D eigenvalue weighted by atomic mass is 16.5. The van der Waals surface area contributed by atoms with Crippen molar-refractivity contribution in [3.8, 4) is 5.75 Å². The van der Waals surface area contributed by atoms with Crippen molar-refractivity contribution in [3.05, 3.63) is 59.8 Å². The summed E-state index contributed by atoms with van der Waals surface area (Å²) >= 11 is 0. The predicted octanol–water partition coefficient (Wildman–Crippen LogP) is 4.92. The van der Waals surface area contributed by atoms with Crippen LogP contribution in [-0.2, 0) is 0 Å². The number of carbonyl (C=O) groups excluding carboxylic acids is 1. The first kappa shape index (κ1) is 18.3. The highest BCUT2D eigenvalue weighted by Crippen LogP contribution is 2.30. The van der Waals surface area contributed by atoms with Gasteiger partial charge in [-0.3, -0.25) is 4.79 Å². The molecule has 0 aliphatic carbocycles. The Morgan fingerprint density at radius 3 is 2.64 bits per heavy atom. The second-order valence-electron chi connectivity index (χ2n) is 7.29. The van der Waals surface area contributed by atoms with E-state index < -0.39 is 0 Å². The van der Waals surface area contributed by atoms with Gasteiger partial charge in [0.1, 0.15) is 11.4 Å². The Hall–Kier alpha value is -3.08. The summed E-state index contributed by atoms with van der Waals surface area (Å²) < 4.78 is 5.39. The lowest BCUT2D eigenvalue weighted by Gasteiger charge is -2.26. The molecule has 144 valence electrons. The number of amides is 1. The van der Waals surface area contributed by atoms with Gasteiger partial charge in [-0.05, 0) is 68.1 Å². The van der Waals surface area contributed by atoms with Gasteiger partial charge < -0.3 is 15.0 Å². The van der Waals surface area contributed by atoms with Crippen molar-refractivity contribution in [2.24, 2.45) is 0 Å². The molecule has 0 atom stereocenters. The smallest absolute Gasteiger partial charge is 0.272 e. The zero-order valence-corrected chi connectivity index (χ0v) is 16.4. The number of likely N-dealkylation sites (tertiary alicyclic amines) is 1. The van der Waals surface area contributed by atoms with E-state index in [1.54, 1.807) is 7.11 Å². The van der Waals surface area contributed by atoms with Gasteiger partial charge in [0.15, 0.2) is 0 Å². The molecule has 0 saturated carbocycles. The molecule has 1 saturated heterocycles. The van der Waals surface area contributed by atoms with Gasteiger partial charge in [-0.2, -0.15) is 0 Å². The Labute approximate surface area is 165 Å². The van der Waals surface area contributed by atoms with E-state index >= 15 is 0 Å². The molecule has 3 aromatic rings. The number of piperidine rings is 1. The molecule has 28 heavy (non-hydrogen) atoms. The number of benzene rings is 2. The number of methoxy groups -OCH3 is 1. The molecule has 0 unspecified atom stereocenters. The van der Waals surface area contributed by atoms with Gasteiger partial charge in [0.25, 0.3) is 5.91 Å². The minimum atomic E-state index is 0.00436. The quantitative estimate of drug-likeness (QED) is 0.703. The van der Waals surface area contributed by atoms with Crippen LogP contribution in [0.4, 0.5) is 11.4 Å². The molecule has 5 nitrogen and oxygen atoms in total. The van der Waals surface area contributed by atoms with Gasteiger partial charge in [-0.15, -0.1) is 0 Å². The number of anilines is 2. The number of rotatable bonds is 4. The third kappa shape index (κ3) is 3.79. The van der Waals surface area contributed by atoms with E-state index in [9.17, 15) is 4.79 Å². The van der Waals surface area contributed by atoms with Crippen LogP contribution >= 0.6 is 0 Å². The summed E-state index contributed by atoms with van der Waals surface area (Å²) in [5.41, 5.74) is 4.26. The van der Waals surface area contributed by atoms with E-state index in [-0.39, 0.29) is 5.91 Å². The number of fused-ring (bicyclic) bond motifs is 1. The third-order valence-electron chi connectivity index (χ3n) is 5.18. The van der Waals surface area contributed by atoms with Crippen LogP contribution in [0.1, 0.15) is 35.3 Å². The monoisotopic (exact) mass is 375 g/mol. The van der Waals surface area contributed by atoms with Crippen molar-refractivity contribution in [1.82, 2.24) is 9.88 Å². The van der Waals surface area contributed by atoms with E-state index in [1.807, 2.05) is 41.3 Å². The van der Waals surface area contributed by atoms with Crippen LogP contribution < -0.4 is 10.1 Å². The zero-order valence-electron chi connectivity index (χ0n) is 16.4. The molecule has 2 aromatic carbocycles. The molecule has 0 bridgehead atoms. The number of nitrogens with zero attached hydrogens (tertiary/aromatic N) is 2. The van der Waals surface area contributed by atoms with Crippen molar-refractivity contribution in [2.75, 3.05) is 25.5 Å². The van der Waals surface area contributed by atoms with Crippen molar-refractivity contribution in [2.45, 2.75) is 26.2 Å². The minimum absolute atomic E-state index is 0.00436. The lowest BCUT2D eigenvalue weighted by Crippen LogP contribution is -2.36. The van der Waals surface area contributed by atoms with E-state index in [0.717, 1.165) is 54.0 Å². The van der Waals surface area contributed by atoms with Gasteiger partial charge in [0.2, 0.25) is 0 Å². The topological polar surface area (TPSA) is 54.5 Å². The van der Waals surface area contributed by atoms with Gasteiger partial charge in [-0.1, -0.05) is 12.1 Å². The van der Waals surface area contributed by atoms with Crippen molar-refractivity contribution >= 4 is 28.2 Å². The first-order valence-corrected chi connectivity index (χ1v) is 9.76. The predicted molar refractivity (Wildman–Crippen MR) is 113 cm³/mol. The molecule has 2 heterocycles. The van der Waals surface area contributed by atoms with E-state index in [4.69, 9.17) is 4.74 Å². The number of aryl methyl sites for hydroxylation is 1. The Morgan fingerprint density at radius 2 is 1.89 bits per heavy atom. The van der Waals surface area contributed by atoms with E-state index in [1.165, 1.54) is 12.0 Å². The molecule has 1 fully saturated rings. The van der Waals surface area contributed by atoms with E-state index in [2.05, 4.69) is 29.4 Å². The summed E-state index contributed by atoms with van der Waals surface area (Å²) in [7, 11) is 1.65. The Balaban J connectivity index is 1.78. The van der Waals surface area contributed by atoms with Gasteiger partial charge in [-0.25, -0.2) is 4.98 Å². The second-order valence-corrected chi connectivity index (χ2v) is 7.29. The molecule has 1 N–H and O–H groups in total. The zero-order chi connectivity index (χ0) is 19.5. The maximum Gasteiger partial charge on any atom is 0.272 e. The molecule has 1 amide bonds. The van der Waals surface area contributed by atoms with Crippen LogP contribution in [0.15, 0.2) is 48.5 Å². The summed E-state index contributed by atoms with van der Waals surface area (Å²) in [4.78, 5) is 19.6. The summed E-state index contributed by atoms with van der Waals surface area (Å²) in [6.45, 7) is 3.67. The average Bonchev–Trinajstić information content (AvgIpc) is 2.73. The summed E-state index contributed by atoms with van der Waals surface area (Å²) in [6, 6.07) is 15.8. The fourth-order valence-corrected chi connectivity index (χ4v) is 3.68. The number of aromatic nitrogens is 1. The summed E-state index contributed by atoms with van der Waals surface area (Å²) in [5.74, 6) is 0.765. The SMILES string of the molecule is COc1ccc2nc(C(=O)N3CCCCC3)cc(Nc3cccc(C)c3)c2c1. The number of nitrogens with one attached hydrogen (secondary N) is 1. The van der Waals surface area contributed by atoms with Gasteiger partial charge in [0.05, 0.1) is 18.3 Å². The number of ether oxygens (including phenoxy) is 1. The fraction of sp³-hybridized carbons (Fsp3) is 0.304. The lowest BCUT2D eigenvalue weighted by molar-refractivity contribution is 0.0719. The molecule has 1 aliphatic rings. The summed E-state index contributed by atoms with van der Waals surface area (Å²) in [5, 5.41) is 4.40. The number of hydrogen-bond donors (Lipinski definition) is 1. The van der Waals surface area contributed by atoms with Crippen LogP contribution in [0.3, 0.4) is 0 Å². The first-order valence-electron chi connectivity index (χ1n) is 9.76. The van der Waals surface area contributed by atoms with Crippen LogP contribution in [0.2, 0.25) is 0 Å². The number of hydrogen-bond acceptors (Lipinski definition) is 4. The van der Waals surface area contributed by atoms with Gasteiger partial charge in [0, 0.05) is 24.2 Å². The largest absolute Gasteiger partial charge is 0.497 e. The summed E-state index contributed by atoms with van der Waals surface area (Å²) in [6.07, 6.45) is 3.31. The third-order valence-corrected chi connectivity index (χ3v) is 5.18. The van der Waals surface area contributed by atoms with E-state index in [0.29, 0.717) is 5.69 Å². The number of carbonyl (C=O) groups is 1. The van der Waals surface area contributed by atoms with Crippen LogP contribution in [0.5, 0.6) is 5.75 Å². The van der Waals surface area contributed by atoms with Crippen LogP contribution in [-0.4, -0.2) is 36.0 Å². The Kier molecular flexibility index (Phi) is 5.15. The number of pyridine rings is 1. The fourth-order valence-electron chi connectivity index (χ4n) is 3.68. The molecule has 1 aromatic heterocycles. The molecule has 0 spiro atoms. The first-order chi connectivity index (χ1) is 13.6.